The van der Waals surface area contributed by atoms with E-state index in [0.717, 1.165) is 11.8 Å². The van der Waals surface area contributed by atoms with Crippen LogP contribution in [0.1, 0.15) is 12.0 Å². The van der Waals surface area contributed by atoms with Crippen LogP contribution in [0, 0.1) is 0 Å². The molecule has 0 saturated carbocycles. The minimum atomic E-state index is -0.999. The van der Waals surface area contributed by atoms with Gasteiger partial charge < -0.3 is 19.7 Å². The lowest BCUT2D eigenvalue weighted by atomic mass is 10.1. The van der Waals surface area contributed by atoms with Gasteiger partial charge in [-0.25, -0.2) is 0 Å². The van der Waals surface area contributed by atoms with E-state index in [4.69, 9.17) is 26.8 Å². The second kappa shape index (κ2) is 7.54. The Hall–Kier alpha value is -2.26. The van der Waals surface area contributed by atoms with Gasteiger partial charge in [-0.2, -0.15) is 0 Å². The lowest BCUT2D eigenvalue weighted by molar-refractivity contribution is -0.137. The number of phenolic OH excluding ortho intramolecular Hbond substituents is 1. The Morgan fingerprint density at radius 1 is 1.33 bits per heavy atom. The van der Waals surface area contributed by atoms with Crippen molar-refractivity contribution >= 4 is 46.3 Å². The standard InChI is InChI=1S/C15H15NO6S2/c1-21-9-5-8(6-10(22-2)13(9)19)7-11-14(20)16(15(23)24-11)4-3-12(17)18/h5-7,19H,3-4H2,1-2H3,(H,17,18). The number of thioether (sulfide) groups is 1. The summed E-state index contributed by atoms with van der Waals surface area (Å²) >= 11 is 6.22. The first kappa shape index (κ1) is 18.1. The smallest absolute Gasteiger partial charge is 0.305 e. The molecule has 0 bridgehead atoms. The number of aromatic hydroxyl groups is 1. The number of methoxy groups -OCH3 is 2. The van der Waals surface area contributed by atoms with Gasteiger partial charge in [0.2, 0.25) is 5.75 Å². The number of hydrogen-bond donors (Lipinski definition) is 2. The molecule has 0 aromatic heterocycles. The second-order valence-electron chi connectivity index (χ2n) is 4.75. The molecular weight excluding hydrogens is 354 g/mol. The summed E-state index contributed by atoms with van der Waals surface area (Å²) in [7, 11) is 2.81. The van der Waals surface area contributed by atoms with Crippen LogP contribution < -0.4 is 9.47 Å². The van der Waals surface area contributed by atoms with E-state index in [1.807, 2.05) is 0 Å². The summed E-state index contributed by atoms with van der Waals surface area (Å²) in [4.78, 5) is 24.6. The van der Waals surface area contributed by atoms with Gasteiger partial charge in [-0.05, 0) is 23.8 Å². The Morgan fingerprint density at radius 3 is 2.42 bits per heavy atom. The number of aliphatic carboxylic acids is 1. The molecule has 1 saturated heterocycles. The van der Waals surface area contributed by atoms with E-state index in [1.165, 1.54) is 19.1 Å². The minimum absolute atomic E-state index is 0.0273. The van der Waals surface area contributed by atoms with Gasteiger partial charge in [-0.15, -0.1) is 0 Å². The van der Waals surface area contributed by atoms with Crippen LogP contribution in [-0.2, 0) is 9.59 Å². The molecule has 1 heterocycles. The molecule has 1 aromatic carbocycles. The van der Waals surface area contributed by atoms with Crippen molar-refractivity contribution in [1.29, 1.82) is 0 Å². The largest absolute Gasteiger partial charge is 0.502 e. The van der Waals surface area contributed by atoms with E-state index >= 15 is 0 Å². The van der Waals surface area contributed by atoms with Crippen molar-refractivity contribution in [3.8, 4) is 17.2 Å². The lowest BCUT2D eigenvalue weighted by Gasteiger charge is -2.12. The fraction of sp³-hybridized carbons (Fsp3) is 0.267. The first-order chi connectivity index (χ1) is 11.4. The third kappa shape index (κ3) is 3.80. The number of phenols is 1. The van der Waals surface area contributed by atoms with Gasteiger partial charge in [0.15, 0.2) is 11.5 Å². The average molecular weight is 369 g/mol. The van der Waals surface area contributed by atoms with Gasteiger partial charge in [-0.1, -0.05) is 24.0 Å². The number of carbonyl (C=O) groups excluding carboxylic acids is 1. The molecular formula is C15H15NO6S2. The molecule has 9 heteroatoms. The average Bonchev–Trinajstić information content (AvgIpc) is 2.80. The molecule has 1 fully saturated rings. The quantitative estimate of drug-likeness (QED) is 0.581. The lowest BCUT2D eigenvalue weighted by Crippen LogP contribution is -2.30. The molecule has 2 N–H and O–H groups in total. The number of rotatable bonds is 6. The molecule has 0 aliphatic carbocycles. The minimum Gasteiger partial charge on any atom is -0.502 e. The molecule has 1 amide bonds. The molecule has 1 aliphatic rings. The number of benzene rings is 1. The topological polar surface area (TPSA) is 96.3 Å². The maximum absolute atomic E-state index is 12.4. The predicted molar refractivity (Wildman–Crippen MR) is 93.3 cm³/mol. The SMILES string of the molecule is COc1cc(C=C2SC(=S)N(CCC(=O)O)C2=O)cc(OC)c1O. The normalized spacial score (nSPS) is 15.9. The summed E-state index contributed by atoms with van der Waals surface area (Å²) in [5.41, 5.74) is 0.584. The highest BCUT2D eigenvalue weighted by molar-refractivity contribution is 8.26. The van der Waals surface area contributed by atoms with Crippen molar-refractivity contribution < 1.29 is 29.3 Å². The number of ether oxygens (including phenoxy) is 2. The predicted octanol–water partition coefficient (Wildman–Crippen LogP) is 2.09. The van der Waals surface area contributed by atoms with Gasteiger partial charge in [0.25, 0.3) is 5.91 Å². The van der Waals surface area contributed by atoms with Gasteiger partial charge >= 0.3 is 5.97 Å². The fourth-order valence-corrected chi connectivity index (χ4v) is 3.36. The number of carboxylic acid groups (broad SMARTS) is 1. The Morgan fingerprint density at radius 2 is 1.92 bits per heavy atom. The van der Waals surface area contributed by atoms with Crippen LogP contribution >= 0.6 is 24.0 Å². The number of carboxylic acids is 1. The summed E-state index contributed by atoms with van der Waals surface area (Å²) in [5, 5.41) is 18.6. The molecule has 7 nitrogen and oxygen atoms in total. The van der Waals surface area contributed by atoms with Crippen molar-refractivity contribution in [2.24, 2.45) is 0 Å². The molecule has 0 unspecified atom stereocenters. The molecule has 24 heavy (non-hydrogen) atoms. The van der Waals surface area contributed by atoms with Crippen molar-refractivity contribution in [3.63, 3.8) is 0 Å². The summed E-state index contributed by atoms with van der Waals surface area (Å²) in [6.07, 6.45) is 1.41. The van der Waals surface area contributed by atoms with Crippen LogP contribution in [0.2, 0.25) is 0 Å². The van der Waals surface area contributed by atoms with Crippen LogP contribution in [0.15, 0.2) is 17.0 Å². The van der Waals surface area contributed by atoms with Crippen LogP contribution in [0.3, 0.4) is 0 Å². The zero-order chi connectivity index (χ0) is 17.9. The van der Waals surface area contributed by atoms with Gasteiger partial charge in [0.05, 0.1) is 25.5 Å². The molecule has 1 aromatic rings. The molecule has 0 atom stereocenters. The molecule has 0 radical (unpaired) electrons. The third-order valence-corrected chi connectivity index (χ3v) is 4.60. The van der Waals surface area contributed by atoms with Gasteiger partial charge in [0, 0.05) is 6.54 Å². The van der Waals surface area contributed by atoms with Crippen LogP contribution in [-0.4, -0.2) is 52.1 Å². The van der Waals surface area contributed by atoms with Gasteiger partial charge in [-0.3, -0.25) is 14.5 Å². The summed E-state index contributed by atoms with van der Waals surface area (Å²) in [5.74, 6) is -1.06. The molecule has 1 aliphatic heterocycles. The highest BCUT2D eigenvalue weighted by Gasteiger charge is 2.32. The first-order valence-electron chi connectivity index (χ1n) is 6.79. The van der Waals surface area contributed by atoms with Crippen LogP contribution in [0.4, 0.5) is 0 Å². The molecule has 0 spiro atoms. The third-order valence-electron chi connectivity index (χ3n) is 3.22. The monoisotopic (exact) mass is 369 g/mol. The Balaban J connectivity index is 2.30. The van der Waals surface area contributed by atoms with Crippen molar-refractivity contribution in [2.75, 3.05) is 20.8 Å². The maximum Gasteiger partial charge on any atom is 0.305 e. The number of nitrogens with zero attached hydrogens (tertiary/aromatic N) is 1. The van der Waals surface area contributed by atoms with Crippen molar-refractivity contribution in [2.45, 2.75) is 6.42 Å². The summed E-state index contributed by atoms with van der Waals surface area (Å²) in [6, 6.07) is 3.11. The number of hydrogen-bond acceptors (Lipinski definition) is 7. The van der Waals surface area contributed by atoms with E-state index in [1.54, 1.807) is 18.2 Å². The Labute approximate surface area is 147 Å². The van der Waals surface area contributed by atoms with E-state index in [9.17, 15) is 14.7 Å². The zero-order valence-electron chi connectivity index (χ0n) is 12.9. The maximum atomic E-state index is 12.4. The first-order valence-corrected chi connectivity index (χ1v) is 8.02. The number of thiocarbonyl (C=S) groups is 1. The van der Waals surface area contributed by atoms with Crippen molar-refractivity contribution in [3.05, 3.63) is 22.6 Å². The van der Waals surface area contributed by atoms with Crippen LogP contribution in [0.5, 0.6) is 17.2 Å². The summed E-state index contributed by atoms with van der Waals surface area (Å²) < 4.78 is 10.5. The van der Waals surface area contributed by atoms with E-state index < -0.39 is 5.97 Å². The fourth-order valence-electron chi connectivity index (χ4n) is 2.05. The highest BCUT2D eigenvalue weighted by Crippen LogP contribution is 2.39. The van der Waals surface area contributed by atoms with E-state index in [0.29, 0.717) is 14.8 Å². The van der Waals surface area contributed by atoms with E-state index in [2.05, 4.69) is 0 Å². The zero-order valence-corrected chi connectivity index (χ0v) is 14.6. The van der Waals surface area contributed by atoms with Crippen LogP contribution in [0.25, 0.3) is 6.08 Å². The molecule has 2 rings (SSSR count). The van der Waals surface area contributed by atoms with Crippen molar-refractivity contribution in [1.82, 2.24) is 4.90 Å². The summed E-state index contributed by atoms with van der Waals surface area (Å²) in [6.45, 7) is 0.0273. The van der Waals surface area contributed by atoms with Gasteiger partial charge in [0.1, 0.15) is 4.32 Å². The number of amides is 1. The second-order valence-corrected chi connectivity index (χ2v) is 6.43. The Bertz CT molecular complexity index is 706. The van der Waals surface area contributed by atoms with E-state index in [-0.39, 0.29) is 36.1 Å². The number of carbonyl (C=O) groups is 2. The highest BCUT2D eigenvalue weighted by atomic mass is 32.2. The Kier molecular flexibility index (Phi) is 5.68. The molecule has 128 valence electrons.